The molecule has 0 atom stereocenters. The zero-order chi connectivity index (χ0) is 13.5. The Kier molecular flexibility index (Phi) is 4.74. The van der Waals surface area contributed by atoms with Crippen molar-refractivity contribution >= 4 is 23.3 Å². The smallest absolute Gasteiger partial charge is 0.377 e. The maximum atomic E-state index is 10.8. The molecule has 1 aromatic heterocycles. The van der Waals surface area contributed by atoms with Crippen LogP contribution in [0.3, 0.4) is 0 Å². The molecule has 0 aliphatic carbocycles. The molecule has 0 unspecified atom stereocenters. The summed E-state index contributed by atoms with van der Waals surface area (Å²) in [4.78, 5) is 15.2. The first-order valence-electron chi connectivity index (χ1n) is 5.78. The van der Waals surface area contributed by atoms with Crippen LogP contribution in [0.4, 0.5) is 11.5 Å². The standard InChI is InChI=1S/C13H13N3O2S/c17-16(18)13-12(7-4-8-15-13)14-9-10-19-11-5-2-1-3-6-11/h1-8,14H,9-10H2. The molecule has 5 nitrogen and oxygen atoms in total. The molecule has 0 radical (unpaired) electrons. The zero-order valence-corrected chi connectivity index (χ0v) is 11.0. The Morgan fingerprint density at radius 3 is 2.74 bits per heavy atom. The van der Waals surface area contributed by atoms with E-state index in [2.05, 4.69) is 10.3 Å². The molecule has 1 heterocycles. The van der Waals surface area contributed by atoms with E-state index in [9.17, 15) is 10.1 Å². The Labute approximate surface area is 115 Å². The van der Waals surface area contributed by atoms with Gasteiger partial charge in [0.2, 0.25) is 0 Å². The van der Waals surface area contributed by atoms with Crippen molar-refractivity contribution in [2.75, 3.05) is 17.6 Å². The lowest BCUT2D eigenvalue weighted by molar-refractivity contribution is -0.388. The van der Waals surface area contributed by atoms with Crippen LogP contribution in [-0.4, -0.2) is 22.2 Å². The molecule has 0 aliphatic rings. The van der Waals surface area contributed by atoms with Crippen LogP contribution in [0.25, 0.3) is 0 Å². The van der Waals surface area contributed by atoms with Gasteiger partial charge in [-0.05, 0) is 34.2 Å². The fraction of sp³-hybridized carbons (Fsp3) is 0.154. The zero-order valence-electron chi connectivity index (χ0n) is 10.2. The molecular formula is C13H13N3O2S. The van der Waals surface area contributed by atoms with E-state index in [1.807, 2.05) is 30.3 Å². The minimum Gasteiger partial charge on any atom is -0.377 e. The van der Waals surface area contributed by atoms with Gasteiger partial charge in [0.05, 0.1) is 0 Å². The van der Waals surface area contributed by atoms with Gasteiger partial charge in [0.1, 0.15) is 11.9 Å². The van der Waals surface area contributed by atoms with Gasteiger partial charge in [-0.3, -0.25) is 0 Å². The molecule has 1 aromatic carbocycles. The maximum Gasteiger partial charge on any atom is 0.386 e. The third-order valence-electron chi connectivity index (χ3n) is 2.39. The Morgan fingerprint density at radius 2 is 2.00 bits per heavy atom. The minimum absolute atomic E-state index is 0.132. The maximum absolute atomic E-state index is 10.8. The third-order valence-corrected chi connectivity index (χ3v) is 3.40. The molecular weight excluding hydrogens is 262 g/mol. The summed E-state index contributed by atoms with van der Waals surface area (Å²) in [6.07, 6.45) is 1.42. The third kappa shape index (κ3) is 3.96. The molecule has 98 valence electrons. The second-order valence-electron chi connectivity index (χ2n) is 3.72. The molecule has 0 bridgehead atoms. The first-order valence-corrected chi connectivity index (χ1v) is 6.77. The van der Waals surface area contributed by atoms with Gasteiger partial charge in [0.25, 0.3) is 0 Å². The molecule has 2 aromatic rings. The molecule has 1 N–H and O–H groups in total. The minimum atomic E-state index is -0.479. The van der Waals surface area contributed by atoms with Crippen LogP contribution in [0.1, 0.15) is 0 Å². The number of hydrogen-bond acceptors (Lipinski definition) is 5. The second kappa shape index (κ2) is 6.75. The highest BCUT2D eigenvalue weighted by Gasteiger charge is 2.12. The molecule has 0 saturated heterocycles. The summed E-state index contributed by atoms with van der Waals surface area (Å²) < 4.78 is 0. The first-order chi connectivity index (χ1) is 9.27. The molecule has 2 rings (SSSR count). The average Bonchev–Trinajstić information content (AvgIpc) is 2.45. The van der Waals surface area contributed by atoms with Gasteiger partial charge in [-0.15, -0.1) is 11.8 Å². The number of pyridine rings is 1. The summed E-state index contributed by atoms with van der Waals surface area (Å²) in [6.45, 7) is 0.645. The van der Waals surface area contributed by atoms with Crippen molar-refractivity contribution in [3.63, 3.8) is 0 Å². The SMILES string of the molecule is O=[N+]([O-])c1ncccc1NCCSc1ccccc1. The lowest BCUT2D eigenvalue weighted by Crippen LogP contribution is -2.07. The van der Waals surface area contributed by atoms with E-state index in [1.165, 1.54) is 11.1 Å². The Balaban J connectivity index is 1.85. The predicted octanol–water partition coefficient (Wildman–Crippen LogP) is 3.19. The molecule has 0 saturated carbocycles. The van der Waals surface area contributed by atoms with E-state index < -0.39 is 4.92 Å². The van der Waals surface area contributed by atoms with Crippen LogP contribution in [0.15, 0.2) is 53.6 Å². The lowest BCUT2D eigenvalue weighted by Gasteiger charge is -2.06. The number of thioether (sulfide) groups is 1. The lowest BCUT2D eigenvalue weighted by atomic mass is 10.4. The highest BCUT2D eigenvalue weighted by atomic mass is 32.2. The summed E-state index contributed by atoms with van der Waals surface area (Å²) in [5, 5.41) is 13.8. The van der Waals surface area contributed by atoms with Crippen LogP contribution in [0, 0.1) is 10.1 Å². The number of rotatable bonds is 6. The fourth-order valence-electron chi connectivity index (χ4n) is 1.55. The van der Waals surface area contributed by atoms with Gasteiger partial charge in [-0.2, -0.15) is 0 Å². The Morgan fingerprint density at radius 1 is 1.21 bits per heavy atom. The normalized spacial score (nSPS) is 10.1. The number of nitrogens with one attached hydrogen (secondary N) is 1. The summed E-state index contributed by atoms with van der Waals surface area (Å²) in [5.41, 5.74) is 0.459. The predicted molar refractivity (Wildman–Crippen MR) is 76.5 cm³/mol. The summed E-state index contributed by atoms with van der Waals surface area (Å²) >= 11 is 1.70. The van der Waals surface area contributed by atoms with Gasteiger partial charge < -0.3 is 15.4 Å². The van der Waals surface area contributed by atoms with Gasteiger partial charge in [0.15, 0.2) is 0 Å². The average molecular weight is 275 g/mol. The quantitative estimate of drug-likeness (QED) is 0.379. The van der Waals surface area contributed by atoms with Crippen LogP contribution in [0.5, 0.6) is 0 Å². The summed E-state index contributed by atoms with van der Waals surface area (Å²) in [5.74, 6) is 0.697. The van der Waals surface area contributed by atoms with Crippen molar-refractivity contribution in [3.8, 4) is 0 Å². The monoisotopic (exact) mass is 275 g/mol. The van der Waals surface area contributed by atoms with Crippen molar-refractivity contribution in [2.24, 2.45) is 0 Å². The van der Waals surface area contributed by atoms with Gasteiger partial charge in [-0.25, -0.2) is 0 Å². The van der Waals surface area contributed by atoms with Crippen LogP contribution in [-0.2, 0) is 0 Å². The highest BCUT2D eigenvalue weighted by molar-refractivity contribution is 7.99. The van der Waals surface area contributed by atoms with Crippen LogP contribution < -0.4 is 5.32 Å². The number of nitro groups is 1. The van der Waals surface area contributed by atoms with Gasteiger partial charge in [-0.1, -0.05) is 18.2 Å². The Bertz CT molecular complexity index is 549. The van der Waals surface area contributed by atoms with E-state index in [4.69, 9.17) is 0 Å². The topological polar surface area (TPSA) is 68.1 Å². The summed E-state index contributed by atoms with van der Waals surface area (Å²) in [6, 6.07) is 13.4. The first kappa shape index (κ1) is 13.4. The number of hydrogen-bond donors (Lipinski definition) is 1. The van der Waals surface area contributed by atoms with Crippen LogP contribution >= 0.6 is 11.8 Å². The van der Waals surface area contributed by atoms with Crippen molar-refractivity contribution in [1.29, 1.82) is 0 Å². The molecule has 19 heavy (non-hydrogen) atoms. The highest BCUT2D eigenvalue weighted by Crippen LogP contribution is 2.21. The molecule has 0 aliphatic heterocycles. The molecule has 0 fully saturated rings. The van der Waals surface area contributed by atoms with E-state index in [0.29, 0.717) is 12.2 Å². The number of nitrogens with zero attached hydrogens (tertiary/aromatic N) is 2. The molecule has 0 amide bonds. The van der Waals surface area contributed by atoms with E-state index in [-0.39, 0.29) is 5.82 Å². The van der Waals surface area contributed by atoms with E-state index in [1.54, 1.807) is 23.9 Å². The van der Waals surface area contributed by atoms with Gasteiger partial charge >= 0.3 is 5.82 Å². The van der Waals surface area contributed by atoms with Crippen molar-refractivity contribution < 1.29 is 4.92 Å². The molecule has 6 heteroatoms. The second-order valence-corrected chi connectivity index (χ2v) is 4.89. The number of benzene rings is 1. The van der Waals surface area contributed by atoms with Crippen LogP contribution in [0.2, 0.25) is 0 Å². The molecule has 0 spiro atoms. The van der Waals surface area contributed by atoms with Gasteiger partial charge in [0, 0.05) is 17.2 Å². The van der Waals surface area contributed by atoms with Crippen molar-refractivity contribution in [3.05, 3.63) is 58.8 Å². The summed E-state index contributed by atoms with van der Waals surface area (Å²) in [7, 11) is 0. The van der Waals surface area contributed by atoms with E-state index >= 15 is 0 Å². The fourth-order valence-corrected chi connectivity index (χ4v) is 2.34. The van der Waals surface area contributed by atoms with E-state index in [0.717, 1.165) is 5.75 Å². The number of aromatic nitrogens is 1. The van der Waals surface area contributed by atoms with Crippen molar-refractivity contribution in [2.45, 2.75) is 4.90 Å². The number of anilines is 1. The van der Waals surface area contributed by atoms with Crippen molar-refractivity contribution in [1.82, 2.24) is 4.98 Å². The largest absolute Gasteiger partial charge is 0.386 e. The Hall–Kier alpha value is -2.08.